The highest BCUT2D eigenvalue weighted by molar-refractivity contribution is 5.84. The highest BCUT2D eigenvalue weighted by atomic mass is 16.5. The van der Waals surface area contributed by atoms with Gasteiger partial charge in [-0.25, -0.2) is 0 Å². The lowest BCUT2D eigenvalue weighted by atomic mass is 9.75. The van der Waals surface area contributed by atoms with E-state index in [-0.39, 0.29) is 17.6 Å². The zero-order valence-corrected chi connectivity index (χ0v) is 25.1. The van der Waals surface area contributed by atoms with Crippen molar-refractivity contribution < 1.29 is 9.47 Å². The molecule has 0 N–H and O–H groups in total. The summed E-state index contributed by atoms with van der Waals surface area (Å²) in [6, 6.07) is 30.5. The summed E-state index contributed by atoms with van der Waals surface area (Å²) in [7, 11) is 0. The van der Waals surface area contributed by atoms with Crippen LogP contribution in [0.5, 0.6) is 11.5 Å². The monoisotopic (exact) mass is 540 g/mol. The van der Waals surface area contributed by atoms with Crippen molar-refractivity contribution in [3.05, 3.63) is 118 Å². The molecular formula is C39H40O2. The Balaban J connectivity index is 1.29. The Kier molecular flexibility index (Phi) is 7.11. The van der Waals surface area contributed by atoms with Gasteiger partial charge in [-0.3, -0.25) is 0 Å². The summed E-state index contributed by atoms with van der Waals surface area (Å²) < 4.78 is 11.7. The number of hydrogen-bond donors (Lipinski definition) is 0. The molecule has 0 aliphatic heterocycles. The van der Waals surface area contributed by atoms with E-state index in [1.165, 1.54) is 55.7 Å². The van der Waals surface area contributed by atoms with Crippen LogP contribution in [0.25, 0.3) is 34.4 Å². The largest absolute Gasteiger partial charge is 0.491 e. The Hall–Kier alpha value is -4.04. The number of hydrogen-bond acceptors (Lipinski definition) is 2. The third-order valence-corrected chi connectivity index (χ3v) is 8.47. The SMILES string of the molecule is CC(C)Oc1ccc(-c2cccc3c2C=C(C(C)(C)C2=Cc4c(cccc4-c4ccc(OC(C)C)cc4)C2)C3)cc1. The third kappa shape index (κ3) is 5.36. The van der Waals surface area contributed by atoms with Gasteiger partial charge in [0.05, 0.1) is 12.2 Å². The van der Waals surface area contributed by atoms with Crippen LogP contribution in [-0.2, 0) is 12.8 Å². The van der Waals surface area contributed by atoms with Crippen LogP contribution in [0.4, 0.5) is 0 Å². The first-order chi connectivity index (χ1) is 19.7. The van der Waals surface area contributed by atoms with Gasteiger partial charge in [-0.15, -0.1) is 0 Å². The van der Waals surface area contributed by atoms with E-state index in [1.807, 2.05) is 0 Å². The Bertz CT molecular complexity index is 1510. The molecule has 0 heterocycles. The van der Waals surface area contributed by atoms with Crippen LogP contribution < -0.4 is 9.47 Å². The second-order valence-electron chi connectivity index (χ2n) is 12.5. The highest BCUT2D eigenvalue weighted by Crippen LogP contribution is 2.48. The first kappa shape index (κ1) is 27.1. The van der Waals surface area contributed by atoms with Crippen LogP contribution in [0.3, 0.4) is 0 Å². The van der Waals surface area contributed by atoms with Gasteiger partial charge in [0.2, 0.25) is 0 Å². The van der Waals surface area contributed by atoms with Crippen molar-refractivity contribution in [3.63, 3.8) is 0 Å². The van der Waals surface area contributed by atoms with Crippen molar-refractivity contribution >= 4 is 12.2 Å². The van der Waals surface area contributed by atoms with Crippen LogP contribution in [0.15, 0.2) is 96.1 Å². The summed E-state index contributed by atoms with van der Waals surface area (Å²) in [5.41, 5.74) is 13.5. The first-order valence-corrected chi connectivity index (χ1v) is 14.9. The minimum absolute atomic E-state index is 0.0451. The van der Waals surface area contributed by atoms with Crippen LogP contribution in [0.1, 0.15) is 63.8 Å². The molecule has 0 unspecified atom stereocenters. The summed E-state index contributed by atoms with van der Waals surface area (Å²) in [6.07, 6.45) is 7.24. The van der Waals surface area contributed by atoms with E-state index in [2.05, 4.69) is 139 Å². The Morgan fingerprint density at radius 1 is 0.537 bits per heavy atom. The van der Waals surface area contributed by atoms with Gasteiger partial charge in [-0.05, 0) is 109 Å². The molecule has 2 aliphatic rings. The summed E-state index contributed by atoms with van der Waals surface area (Å²) in [6.45, 7) is 13.0. The molecule has 4 aromatic carbocycles. The van der Waals surface area contributed by atoms with Crippen molar-refractivity contribution in [2.75, 3.05) is 0 Å². The molecule has 0 radical (unpaired) electrons. The quantitative estimate of drug-likeness (QED) is 0.221. The van der Waals surface area contributed by atoms with Gasteiger partial charge < -0.3 is 9.47 Å². The average molecular weight is 541 g/mol. The minimum atomic E-state index is -0.0451. The molecule has 0 aromatic heterocycles. The summed E-state index contributed by atoms with van der Waals surface area (Å²) in [4.78, 5) is 0. The van der Waals surface area contributed by atoms with Crippen molar-refractivity contribution in [3.8, 4) is 33.8 Å². The maximum Gasteiger partial charge on any atom is 0.119 e. The molecule has 0 spiro atoms. The molecule has 2 nitrogen and oxygen atoms in total. The maximum absolute atomic E-state index is 5.87. The molecular weight excluding hydrogens is 500 g/mol. The Morgan fingerprint density at radius 3 is 1.29 bits per heavy atom. The lowest BCUT2D eigenvalue weighted by Crippen LogP contribution is -2.18. The van der Waals surface area contributed by atoms with Gasteiger partial charge in [-0.1, -0.05) is 97.8 Å². The zero-order valence-electron chi connectivity index (χ0n) is 25.1. The molecule has 2 heteroatoms. The van der Waals surface area contributed by atoms with Crippen LogP contribution in [-0.4, -0.2) is 12.2 Å². The van der Waals surface area contributed by atoms with Crippen LogP contribution in [0.2, 0.25) is 0 Å². The third-order valence-electron chi connectivity index (χ3n) is 8.47. The summed E-state index contributed by atoms with van der Waals surface area (Å²) >= 11 is 0. The molecule has 6 rings (SSSR count). The van der Waals surface area contributed by atoms with Crippen molar-refractivity contribution in [2.45, 2.75) is 66.6 Å². The predicted molar refractivity (Wildman–Crippen MR) is 172 cm³/mol. The normalized spacial score (nSPS) is 14.1. The molecule has 0 amide bonds. The predicted octanol–water partition coefficient (Wildman–Crippen LogP) is 10.2. The Morgan fingerprint density at radius 2 is 0.927 bits per heavy atom. The number of allylic oxidation sites excluding steroid dienone is 2. The lowest BCUT2D eigenvalue weighted by Gasteiger charge is -2.28. The molecule has 4 aromatic rings. The van der Waals surface area contributed by atoms with E-state index < -0.39 is 0 Å². The number of fused-ring (bicyclic) bond motifs is 2. The van der Waals surface area contributed by atoms with Crippen LogP contribution >= 0.6 is 0 Å². The van der Waals surface area contributed by atoms with Gasteiger partial charge in [0.1, 0.15) is 11.5 Å². The molecule has 2 aliphatic carbocycles. The van der Waals surface area contributed by atoms with Crippen molar-refractivity contribution in [2.24, 2.45) is 5.41 Å². The molecule has 41 heavy (non-hydrogen) atoms. The number of ether oxygens (including phenoxy) is 2. The number of rotatable bonds is 8. The first-order valence-electron chi connectivity index (χ1n) is 14.9. The topological polar surface area (TPSA) is 18.5 Å². The molecule has 208 valence electrons. The highest BCUT2D eigenvalue weighted by Gasteiger charge is 2.34. The van der Waals surface area contributed by atoms with E-state index in [4.69, 9.17) is 9.47 Å². The summed E-state index contributed by atoms with van der Waals surface area (Å²) in [5.74, 6) is 1.83. The fourth-order valence-corrected chi connectivity index (χ4v) is 6.22. The standard InChI is InChI=1S/C39H40O2/c1-25(2)40-33-17-13-27(14-18-33)35-11-7-9-29-21-31(23-37(29)35)39(5,6)32-22-30-10-8-12-36(38(30)24-32)28-15-19-34(20-16-28)41-26(3)4/h7-20,23-26H,21-22H2,1-6H3. The fourth-order valence-electron chi connectivity index (χ4n) is 6.22. The van der Waals surface area contributed by atoms with Gasteiger partial charge in [0.15, 0.2) is 0 Å². The number of benzene rings is 4. The van der Waals surface area contributed by atoms with Gasteiger partial charge in [0, 0.05) is 5.41 Å². The summed E-state index contributed by atoms with van der Waals surface area (Å²) in [5, 5.41) is 0. The average Bonchev–Trinajstić information content (AvgIpc) is 3.59. The smallest absolute Gasteiger partial charge is 0.119 e. The minimum Gasteiger partial charge on any atom is -0.491 e. The van der Waals surface area contributed by atoms with E-state index in [0.29, 0.717) is 0 Å². The molecule has 0 saturated carbocycles. The van der Waals surface area contributed by atoms with E-state index in [0.717, 1.165) is 24.3 Å². The van der Waals surface area contributed by atoms with Gasteiger partial charge in [-0.2, -0.15) is 0 Å². The molecule has 0 atom stereocenters. The Labute approximate surface area is 245 Å². The van der Waals surface area contributed by atoms with E-state index >= 15 is 0 Å². The molecule has 0 saturated heterocycles. The van der Waals surface area contributed by atoms with Gasteiger partial charge >= 0.3 is 0 Å². The maximum atomic E-state index is 5.87. The molecule has 0 fully saturated rings. The molecule has 0 bridgehead atoms. The fraction of sp³-hybridized carbons (Fsp3) is 0.282. The lowest BCUT2D eigenvalue weighted by molar-refractivity contribution is 0.242. The van der Waals surface area contributed by atoms with Crippen LogP contribution in [0, 0.1) is 5.41 Å². The zero-order chi connectivity index (χ0) is 28.7. The van der Waals surface area contributed by atoms with Crippen molar-refractivity contribution in [1.82, 2.24) is 0 Å². The second kappa shape index (κ2) is 10.7. The van der Waals surface area contributed by atoms with Crippen molar-refractivity contribution in [1.29, 1.82) is 0 Å². The second-order valence-corrected chi connectivity index (χ2v) is 12.5. The van der Waals surface area contributed by atoms with E-state index in [1.54, 1.807) is 0 Å². The van der Waals surface area contributed by atoms with E-state index in [9.17, 15) is 0 Å². The van der Waals surface area contributed by atoms with Gasteiger partial charge in [0.25, 0.3) is 0 Å².